The van der Waals surface area contributed by atoms with E-state index in [0.29, 0.717) is 18.7 Å². The minimum atomic E-state index is -0.603. The van der Waals surface area contributed by atoms with Crippen molar-refractivity contribution in [2.75, 3.05) is 5.88 Å². The SMILES string of the molecule is CCC(CCCl)NC(=O)c1cc(Cl)ccc1[N+](=O)[O-]. The molecule has 19 heavy (non-hydrogen) atoms. The third-order valence-electron chi connectivity index (χ3n) is 2.69. The number of benzene rings is 1. The summed E-state index contributed by atoms with van der Waals surface area (Å²) in [5.74, 6) is -0.0951. The van der Waals surface area contributed by atoms with Crippen molar-refractivity contribution in [3.8, 4) is 0 Å². The molecule has 104 valence electrons. The second-order valence-corrected chi connectivity index (χ2v) is 4.79. The summed E-state index contributed by atoms with van der Waals surface area (Å²) in [5.41, 5.74) is -0.298. The summed E-state index contributed by atoms with van der Waals surface area (Å²) < 4.78 is 0. The molecular formula is C12H14Cl2N2O3. The maximum atomic E-state index is 12.0. The Kier molecular flexibility index (Phi) is 6.05. The fraction of sp³-hybridized carbons (Fsp3) is 0.417. The van der Waals surface area contributed by atoms with Gasteiger partial charge in [0.1, 0.15) is 5.56 Å². The molecule has 1 aromatic carbocycles. The van der Waals surface area contributed by atoms with Crippen molar-refractivity contribution < 1.29 is 9.72 Å². The molecule has 1 aromatic rings. The van der Waals surface area contributed by atoms with Crippen LogP contribution in [-0.2, 0) is 0 Å². The number of nitro benzene ring substituents is 1. The molecule has 0 aromatic heterocycles. The van der Waals surface area contributed by atoms with Gasteiger partial charge in [0.05, 0.1) is 4.92 Å². The van der Waals surface area contributed by atoms with E-state index in [1.54, 1.807) is 0 Å². The lowest BCUT2D eigenvalue weighted by Gasteiger charge is -2.15. The van der Waals surface area contributed by atoms with Crippen LogP contribution in [0.25, 0.3) is 0 Å². The summed E-state index contributed by atoms with van der Waals surface area (Å²) in [6.07, 6.45) is 1.31. The first-order valence-corrected chi connectivity index (χ1v) is 6.71. The summed E-state index contributed by atoms with van der Waals surface area (Å²) in [7, 11) is 0. The number of carbonyl (C=O) groups excluding carboxylic acids is 1. The van der Waals surface area contributed by atoms with E-state index in [2.05, 4.69) is 5.32 Å². The van der Waals surface area contributed by atoms with Crippen LogP contribution in [0.4, 0.5) is 5.69 Å². The van der Waals surface area contributed by atoms with Crippen LogP contribution >= 0.6 is 23.2 Å². The van der Waals surface area contributed by atoms with Crippen molar-refractivity contribution >= 4 is 34.8 Å². The van der Waals surface area contributed by atoms with Gasteiger partial charge in [0.25, 0.3) is 11.6 Å². The number of hydrogen-bond acceptors (Lipinski definition) is 3. The number of nitro groups is 1. The molecule has 0 heterocycles. The lowest BCUT2D eigenvalue weighted by molar-refractivity contribution is -0.385. The fourth-order valence-electron chi connectivity index (χ4n) is 1.62. The molecule has 0 aliphatic carbocycles. The van der Waals surface area contributed by atoms with E-state index < -0.39 is 10.8 Å². The zero-order valence-corrected chi connectivity index (χ0v) is 11.9. The zero-order chi connectivity index (χ0) is 14.4. The van der Waals surface area contributed by atoms with E-state index in [-0.39, 0.29) is 22.3 Å². The molecule has 1 unspecified atom stereocenters. The van der Waals surface area contributed by atoms with Gasteiger partial charge in [0, 0.05) is 23.0 Å². The molecule has 1 atom stereocenters. The lowest BCUT2D eigenvalue weighted by atomic mass is 10.1. The standard InChI is InChI=1S/C12H14Cl2N2O3/c1-2-9(5-6-13)15-12(17)10-7-8(14)3-4-11(10)16(18)19/h3-4,7,9H,2,5-6H2,1H3,(H,15,17). The molecule has 0 bridgehead atoms. The number of hydrogen-bond donors (Lipinski definition) is 1. The first-order valence-electron chi connectivity index (χ1n) is 5.80. The molecule has 0 saturated carbocycles. The first kappa shape index (κ1) is 15.7. The largest absolute Gasteiger partial charge is 0.349 e. The summed E-state index contributed by atoms with van der Waals surface area (Å²) >= 11 is 11.4. The fourth-order valence-corrected chi connectivity index (χ4v) is 2.06. The van der Waals surface area contributed by atoms with Crippen LogP contribution in [0.3, 0.4) is 0 Å². The molecule has 0 aliphatic heterocycles. The average molecular weight is 305 g/mol. The van der Waals surface area contributed by atoms with Gasteiger partial charge in [-0.1, -0.05) is 18.5 Å². The highest BCUT2D eigenvalue weighted by molar-refractivity contribution is 6.31. The van der Waals surface area contributed by atoms with Gasteiger partial charge in [-0.3, -0.25) is 14.9 Å². The maximum absolute atomic E-state index is 12.0. The topological polar surface area (TPSA) is 72.2 Å². The number of carbonyl (C=O) groups is 1. The Balaban J connectivity index is 2.98. The van der Waals surface area contributed by atoms with E-state index in [4.69, 9.17) is 23.2 Å². The van der Waals surface area contributed by atoms with Crippen molar-refractivity contribution in [1.29, 1.82) is 0 Å². The van der Waals surface area contributed by atoms with Crippen LogP contribution in [0.2, 0.25) is 5.02 Å². The summed E-state index contributed by atoms with van der Waals surface area (Å²) in [6.45, 7) is 1.91. The van der Waals surface area contributed by atoms with E-state index in [1.807, 2.05) is 6.92 Å². The van der Waals surface area contributed by atoms with Crippen LogP contribution in [0.1, 0.15) is 30.1 Å². The van der Waals surface area contributed by atoms with Crippen molar-refractivity contribution in [3.63, 3.8) is 0 Å². The molecule has 1 amide bonds. The van der Waals surface area contributed by atoms with E-state index >= 15 is 0 Å². The Morgan fingerprint density at radius 1 is 1.53 bits per heavy atom. The van der Waals surface area contributed by atoms with Gasteiger partial charge in [0.2, 0.25) is 0 Å². The van der Waals surface area contributed by atoms with Gasteiger partial charge in [-0.15, -0.1) is 11.6 Å². The van der Waals surface area contributed by atoms with Gasteiger partial charge in [-0.2, -0.15) is 0 Å². The molecule has 0 aliphatic rings. The third kappa shape index (κ3) is 4.36. The van der Waals surface area contributed by atoms with Crippen molar-refractivity contribution in [2.45, 2.75) is 25.8 Å². The Labute approximate surface area is 121 Å². The second-order valence-electron chi connectivity index (χ2n) is 3.97. The van der Waals surface area contributed by atoms with Gasteiger partial charge >= 0.3 is 0 Å². The van der Waals surface area contributed by atoms with Crippen LogP contribution in [-0.4, -0.2) is 22.8 Å². The highest BCUT2D eigenvalue weighted by Gasteiger charge is 2.22. The molecule has 0 fully saturated rings. The Morgan fingerprint density at radius 2 is 2.21 bits per heavy atom. The molecule has 1 N–H and O–H groups in total. The van der Waals surface area contributed by atoms with Crippen LogP contribution in [0, 0.1) is 10.1 Å². The van der Waals surface area contributed by atoms with Crippen LogP contribution < -0.4 is 5.32 Å². The average Bonchev–Trinajstić information content (AvgIpc) is 2.37. The smallest absolute Gasteiger partial charge is 0.282 e. The predicted octanol–water partition coefficient (Wildman–Crippen LogP) is 3.39. The number of amides is 1. The molecule has 1 rings (SSSR count). The molecule has 5 nitrogen and oxygen atoms in total. The highest BCUT2D eigenvalue weighted by atomic mass is 35.5. The van der Waals surface area contributed by atoms with Gasteiger partial charge in [0.15, 0.2) is 0 Å². The van der Waals surface area contributed by atoms with Gasteiger partial charge < -0.3 is 5.32 Å². The lowest BCUT2D eigenvalue weighted by Crippen LogP contribution is -2.35. The minimum absolute atomic E-state index is 0.0366. The van der Waals surface area contributed by atoms with E-state index in [0.717, 1.165) is 0 Å². The molecular weight excluding hydrogens is 291 g/mol. The predicted molar refractivity (Wildman–Crippen MR) is 75.0 cm³/mol. The van der Waals surface area contributed by atoms with Crippen LogP contribution in [0.5, 0.6) is 0 Å². The second kappa shape index (κ2) is 7.31. The number of alkyl halides is 1. The van der Waals surface area contributed by atoms with E-state index in [9.17, 15) is 14.9 Å². The van der Waals surface area contributed by atoms with Crippen molar-refractivity contribution in [1.82, 2.24) is 5.32 Å². The number of halogens is 2. The number of rotatable bonds is 6. The zero-order valence-electron chi connectivity index (χ0n) is 10.4. The monoisotopic (exact) mass is 304 g/mol. The summed E-state index contributed by atoms with van der Waals surface area (Å²) in [5, 5.41) is 13.9. The first-order chi connectivity index (χ1) is 8.99. The quantitative estimate of drug-likeness (QED) is 0.497. The maximum Gasteiger partial charge on any atom is 0.282 e. The Bertz CT molecular complexity index is 480. The molecule has 7 heteroatoms. The molecule has 0 spiro atoms. The normalized spacial score (nSPS) is 11.9. The summed E-state index contributed by atoms with van der Waals surface area (Å²) in [4.78, 5) is 22.3. The van der Waals surface area contributed by atoms with Gasteiger partial charge in [-0.05, 0) is 25.0 Å². The summed E-state index contributed by atoms with van der Waals surface area (Å²) in [6, 6.07) is 3.79. The Hall–Kier alpha value is -1.33. The highest BCUT2D eigenvalue weighted by Crippen LogP contribution is 2.22. The third-order valence-corrected chi connectivity index (χ3v) is 3.14. The minimum Gasteiger partial charge on any atom is -0.349 e. The molecule has 0 saturated heterocycles. The van der Waals surface area contributed by atoms with Crippen molar-refractivity contribution in [2.24, 2.45) is 0 Å². The van der Waals surface area contributed by atoms with Gasteiger partial charge in [-0.25, -0.2) is 0 Å². The molecule has 0 radical (unpaired) electrons. The number of nitrogens with zero attached hydrogens (tertiary/aromatic N) is 1. The van der Waals surface area contributed by atoms with E-state index in [1.165, 1.54) is 18.2 Å². The number of nitrogens with one attached hydrogen (secondary N) is 1. The Morgan fingerprint density at radius 3 is 2.74 bits per heavy atom. The van der Waals surface area contributed by atoms with Crippen molar-refractivity contribution in [3.05, 3.63) is 38.9 Å². The van der Waals surface area contributed by atoms with Crippen LogP contribution in [0.15, 0.2) is 18.2 Å².